The van der Waals surface area contributed by atoms with E-state index in [0.29, 0.717) is 46.7 Å². The van der Waals surface area contributed by atoms with Gasteiger partial charge in [-0.1, -0.05) is 43.3 Å². The Kier molecular flexibility index (Phi) is 7.21. The van der Waals surface area contributed by atoms with Crippen LogP contribution in [0.2, 0.25) is 0 Å². The van der Waals surface area contributed by atoms with Crippen LogP contribution in [0.25, 0.3) is 33.6 Å². The highest BCUT2D eigenvalue weighted by molar-refractivity contribution is 6.03. The summed E-state index contributed by atoms with van der Waals surface area (Å²) in [6.45, 7) is 4.01. The third-order valence-electron chi connectivity index (χ3n) is 5.79. The smallest absolute Gasteiger partial charge is 0.303 e. The minimum Gasteiger partial charge on any atom is -0.481 e. The van der Waals surface area contributed by atoms with Gasteiger partial charge in [0.1, 0.15) is 23.3 Å². The lowest BCUT2D eigenvalue weighted by Crippen LogP contribution is -2.13. The standard InChI is InChI=1S/C27H27FN2O4/c1-3-18-12-14-19(15-13-18)23-24-26(33-17(2)8-4-7-11-22(31)32)29-16-30-27(24)34-25(23)20-9-5-6-10-21(20)28/h5-6,9-10,12-17H,3-4,7-8,11H2,1-2H3,(H,31,32)/t17-/m1/s1. The van der Waals surface area contributed by atoms with Gasteiger partial charge in [0.2, 0.25) is 11.6 Å². The molecule has 2 aromatic carbocycles. The minimum absolute atomic E-state index is 0.135. The maximum atomic E-state index is 14.8. The van der Waals surface area contributed by atoms with Crippen molar-refractivity contribution in [2.24, 2.45) is 0 Å². The first-order chi connectivity index (χ1) is 16.5. The van der Waals surface area contributed by atoms with Crippen molar-refractivity contribution in [2.75, 3.05) is 0 Å². The summed E-state index contributed by atoms with van der Waals surface area (Å²) in [6.07, 6.45) is 4.19. The molecule has 2 heterocycles. The monoisotopic (exact) mass is 462 g/mol. The number of nitrogens with zero attached hydrogens (tertiary/aromatic N) is 2. The van der Waals surface area contributed by atoms with E-state index in [9.17, 15) is 9.18 Å². The Labute approximate surface area is 197 Å². The van der Waals surface area contributed by atoms with E-state index in [1.165, 1.54) is 18.0 Å². The molecule has 0 aliphatic heterocycles. The van der Waals surface area contributed by atoms with Gasteiger partial charge in [-0.15, -0.1) is 0 Å². The van der Waals surface area contributed by atoms with Gasteiger partial charge in [0.25, 0.3) is 0 Å². The molecule has 6 nitrogen and oxygen atoms in total. The Morgan fingerprint density at radius 2 is 1.88 bits per heavy atom. The first-order valence-corrected chi connectivity index (χ1v) is 11.5. The zero-order chi connectivity index (χ0) is 24.1. The molecular formula is C27H27FN2O4. The summed E-state index contributed by atoms with van der Waals surface area (Å²) in [5.41, 5.74) is 3.37. The van der Waals surface area contributed by atoms with Crippen LogP contribution in [0.5, 0.6) is 5.88 Å². The molecule has 1 atom stereocenters. The Morgan fingerprint density at radius 1 is 1.12 bits per heavy atom. The van der Waals surface area contributed by atoms with Gasteiger partial charge in [-0.3, -0.25) is 4.79 Å². The van der Waals surface area contributed by atoms with Crippen molar-refractivity contribution in [3.05, 3.63) is 66.2 Å². The molecular weight excluding hydrogens is 435 g/mol. The Morgan fingerprint density at radius 3 is 2.59 bits per heavy atom. The summed E-state index contributed by atoms with van der Waals surface area (Å²) in [6, 6.07) is 14.5. The van der Waals surface area contributed by atoms with Gasteiger partial charge in [0.15, 0.2) is 0 Å². The van der Waals surface area contributed by atoms with Gasteiger partial charge in [0, 0.05) is 12.0 Å². The summed E-state index contributed by atoms with van der Waals surface area (Å²) < 4.78 is 27.0. The van der Waals surface area contributed by atoms with Gasteiger partial charge in [-0.05, 0) is 55.9 Å². The van der Waals surface area contributed by atoms with Crippen LogP contribution in [0.1, 0.15) is 45.1 Å². The Bertz CT molecular complexity index is 1280. The highest BCUT2D eigenvalue weighted by Gasteiger charge is 2.25. The molecule has 176 valence electrons. The van der Waals surface area contributed by atoms with Crippen molar-refractivity contribution in [1.29, 1.82) is 0 Å². The van der Waals surface area contributed by atoms with E-state index in [4.69, 9.17) is 14.3 Å². The lowest BCUT2D eigenvalue weighted by atomic mass is 9.98. The van der Waals surface area contributed by atoms with Crippen LogP contribution in [0.4, 0.5) is 4.39 Å². The number of unbranched alkanes of at least 4 members (excludes halogenated alkanes) is 1. The number of rotatable bonds is 10. The number of carboxylic acid groups (broad SMARTS) is 1. The summed E-state index contributed by atoms with van der Waals surface area (Å²) in [5.74, 6) is -0.465. The zero-order valence-electron chi connectivity index (χ0n) is 19.3. The fourth-order valence-corrected chi connectivity index (χ4v) is 3.97. The third kappa shape index (κ3) is 5.09. The van der Waals surface area contributed by atoms with E-state index in [1.54, 1.807) is 18.2 Å². The molecule has 7 heteroatoms. The van der Waals surface area contributed by atoms with Crippen molar-refractivity contribution in [3.8, 4) is 28.3 Å². The molecule has 0 fully saturated rings. The highest BCUT2D eigenvalue weighted by Crippen LogP contribution is 2.44. The average Bonchev–Trinajstić information content (AvgIpc) is 3.22. The number of aliphatic carboxylic acids is 1. The van der Waals surface area contributed by atoms with Crippen LogP contribution in [0.3, 0.4) is 0 Å². The lowest BCUT2D eigenvalue weighted by molar-refractivity contribution is -0.137. The second kappa shape index (κ2) is 10.5. The molecule has 0 amide bonds. The molecule has 2 aromatic heterocycles. The zero-order valence-corrected chi connectivity index (χ0v) is 19.3. The molecule has 0 bridgehead atoms. The number of furan rings is 1. The minimum atomic E-state index is -0.802. The summed E-state index contributed by atoms with van der Waals surface area (Å²) in [7, 11) is 0. The molecule has 1 N–H and O–H groups in total. The number of aromatic nitrogens is 2. The normalized spacial score (nSPS) is 12.1. The number of halogens is 1. The quantitative estimate of drug-likeness (QED) is 0.265. The maximum Gasteiger partial charge on any atom is 0.303 e. The van der Waals surface area contributed by atoms with E-state index in [-0.39, 0.29) is 12.5 Å². The number of ether oxygens (including phenoxy) is 1. The first-order valence-electron chi connectivity index (χ1n) is 11.5. The number of hydrogen-bond donors (Lipinski definition) is 1. The van der Waals surface area contributed by atoms with Gasteiger partial charge >= 0.3 is 5.97 Å². The first kappa shape index (κ1) is 23.4. The van der Waals surface area contributed by atoms with Gasteiger partial charge in [-0.25, -0.2) is 14.4 Å². The van der Waals surface area contributed by atoms with E-state index in [0.717, 1.165) is 18.4 Å². The number of hydrogen-bond acceptors (Lipinski definition) is 5. The van der Waals surface area contributed by atoms with Crippen molar-refractivity contribution >= 4 is 17.1 Å². The van der Waals surface area contributed by atoms with Crippen molar-refractivity contribution in [3.63, 3.8) is 0 Å². The molecule has 0 unspecified atom stereocenters. The highest BCUT2D eigenvalue weighted by atomic mass is 19.1. The van der Waals surface area contributed by atoms with E-state index in [2.05, 4.69) is 16.9 Å². The van der Waals surface area contributed by atoms with Gasteiger partial charge in [0.05, 0.1) is 11.7 Å². The van der Waals surface area contributed by atoms with Crippen LogP contribution in [0.15, 0.2) is 59.3 Å². The van der Waals surface area contributed by atoms with Gasteiger partial charge < -0.3 is 14.3 Å². The van der Waals surface area contributed by atoms with Crippen LogP contribution in [-0.2, 0) is 11.2 Å². The summed E-state index contributed by atoms with van der Waals surface area (Å²) in [5, 5.41) is 9.42. The number of fused-ring (bicyclic) bond motifs is 1. The third-order valence-corrected chi connectivity index (χ3v) is 5.79. The molecule has 0 aliphatic rings. The van der Waals surface area contributed by atoms with Crippen LogP contribution in [-0.4, -0.2) is 27.1 Å². The molecule has 0 aliphatic carbocycles. The van der Waals surface area contributed by atoms with Crippen molar-refractivity contribution in [2.45, 2.75) is 52.1 Å². The molecule has 0 saturated heterocycles. The number of aryl methyl sites for hydroxylation is 1. The molecule has 34 heavy (non-hydrogen) atoms. The number of carbonyl (C=O) groups is 1. The molecule has 0 spiro atoms. The Balaban J connectivity index is 1.78. The van der Waals surface area contributed by atoms with Gasteiger partial charge in [-0.2, -0.15) is 0 Å². The topological polar surface area (TPSA) is 85.5 Å². The van der Waals surface area contributed by atoms with E-state index < -0.39 is 11.8 Å². The fourth-order valence-electron chi connectivity index (χ4n) is 3.97. The van der Waals surface area contributed by atoms with Crippen molar-refractivity contribution in [1.82, 2.24) is 9.97 Å². The predicted molar refractivity (Wildman–Crippen MR) is 128 cm³/mol. The molecule has 0 saturated carbocycles. The van der Waals surface area contributed by atoms with E-state index in [1.807, 2.05) is 31.2 Å². The maximum absolute atomic E-state index is 14.8. The predicted octanol–water partition coefficient (Wildman–Crippen LogP) is 6.67. The SMILES string of the molecule is CCc1ccc(-c2c(-c3ccccc3F)oc3ncnc(O[C@H](C)CCCCC(=O)O)c23)cc1. The van der Waals surface area contributed by atoms with E-state index >= 15 is 0 Å². The number of carboxylic acids is 1. The van der Waals surface area contributed by atoms with Crippen LogP contribution in [0, 0.1) is 5.82 Å². The second-order valence-electron chi connectivity index (χ2n) is 8.26. The average molecular weight is 463 g/mol. The van der Waals surface area contributed by atoms with Crippen LogP contribution >= 0.6 is 0 Å². The molecule has 4 rings (SSSR count). The molecule has 0 radical (unpaired) electrons. The summed E-state index contributed by atoms with van der Waals surface area (Å²) >= 11 is 0. The van der Waals surface area contributed by atoms with Crippen molar-refractivity contribution < 1.29 is 23.4 Å². The molecule has 4 aromatic rings. The number of benzene rings is 2. The Hall–Kier alpha value is -3.74. The van der Waals surface area contributed by atoms with Crippen LogP contribution < -0.4 is 4.74 Å². The lowest BCUT2D eigenvalue weighted by Gasteiger charge is -2.14. The largest absolute Gasteiger partial charge is 0.481 e. The second-order valence-corrected chi connectivity index (χ2v) is 8.26. The summed E-state index contributed by atoms with van der Waals surface area (Å²) in [4.78, 5) is 19.4. The fraction of sp³-hybridized carbons (Fsp3) is 0.296.